The molecule has 0 amide bonds. The molecule has 2 N–H and O–H groups in total. The van der Waals surface area contributed by atoms with E-state index < -0.39 is 10.0 Å². The lowest BCUT2D eigenvalue weighted by Gasteiger charge is -2.13. The van der Waals surface area contributed by atoms with E-state index in [0.717, 1.165) is 0 Å². The third kappa shape index (κ3) is 3.20. The molecule has 0 aliphatic heterocycles. The Balaban J connectivity index is 2.10. The highest BCUT2D eigenvalue weighted by Gasteiger charge is 2.23. The van der Waals surface area contributed by atoms with Crippen LogP contribution in [0.15, 0.2) is 41.3 Å². The van der Waals surface area contributed by atoms with E-state index in [9.17, 15) is 8.42 Å². The molecule has 0 spiro atoms. The highest BCUT2D eigenvalue weighted by molar-refractivity contribution is 7.89. The molecule has 0 saturated carbocycles. The van der Waals surface area contributed by atoms with Crippen LogP contribution in [-0.2, 0) is 10.0 Å². The van der Waals surface area contributed by atoms with Crippen molar-refractivity contribution in [2.75, 3.05) is 6.61 Å². The van der Waals surface area contributed by atoms with Crippen LogP contribution in [0.2, 0.25) is 0 Å². The van der Waals surface area contributed by atoms with Gasteiger partial charge in [0.15, 0.2) is 0 Å². The van der Waals surface area contributed by atoms with Gasteiger partial charge in [-0.2, -0.15) is 5.26 Å². The molecule has 100 valence electrons. The molecule has 2 atom stereocenters. The fraction of sp³-hybridized carbons (Fsp3) is 0.308. The van der Waals surface area contributed by atoms with Crippen LogP contribution < -0.4 is 4.72 Å². The summed E-state index contributed by atoms with van der Waals surface area (Å²) in [5.74, 6) is 0.00802. The summed E-state index contributed by atoms with van der Waals surface area (Å²) in [5, 5.41) is 17.7. The SMILES string of the molecule is N#Cc1ccc(S(=O)(=O)N[C@@H]2C=C[C@H](CO)C2)cc1. The van der Waals surface area contributed by atoms with Gasteiger partial charge in [0.1, 0.15) is 0 Å². The molecule has 19 heavy (non-hydrogen) atoms. The maximum Gasteiger partial charge on any atom is 0.241 e. The van der Waals surface area contributed by atoms with Crippen molar-refractivity contribution >= 4 is 10.0 Å². The van der Waals surface area contributed by atoms with Crippen molar-refractivity contribution in [3.8, 4) is 6.07 Å². The number of rotatable bonds is 4. The van der Waals surface area contributed by atoms with Crippen molar-refractivity contribution in [2.24, 2.45) is 5.92 Å². The van der Waals surface area contributed by atoms with Crippen molar-refractivity contribution in [3.05, 3.63) is 42.0 Å². The highest BCUT2D eigenvalue weighted by atomic mass is 32.2. The summed E-state index contributed by atoms with van der Waals surface area (Å²) in [5.41, 5.74) is 0.417. The largest absolute Gasteiger partial charge is 0.396 e. The Kier molecular flexibility index (Phi) is 4.00. The molecule has 0 heterocycles. The molecule has 2 rings (SSSR count). The molecule has 6 heteroatoms. The van der Waals surface area contributed by atoms with Crippen LogP contribution >= 0.6 is 0 Å². The summed E-state index contributed by atoms with van der Waals surface area (Å²) in [6.07, 6.45) is 4.13. The van der Waals surface area contributed by atoms with Gasteiger partial charge in [0.25, 0.3) is 0 Å². The van der Waals surface area contributed by atoms with Crippen LogP contribution in [0.25, 0.3) is 0 Å². The first-order chi connectivity index (χ1) is 9.05. The minimum absolute atomic E-state index is 0.00802. The van der Waals surface area contributed by atoms with Crippen LogP contribution in [0.1, 0.15) is 12.0 Å². The molecule has 1 aromatic carbocycles. The van der Waals surface area contributed by atoms with Crippen LogP contribution in [-0.4, -0.2) is 26.2 Å². The first-order valence-electron chi connectivity index (χ1n) is 5.87. The maximum atomic E-state index is 12.1. The van der Waals surface area contributed by atoms with Gasteiger partial charge in [0.2, 0.25) is 10.0 Å². The molecular weight excluding hydrogens is 264 g/mol. The molecule has 1 aromatic rings. The molecular formula is C13H14N2O3S. The number of nitriles is 1. The number of aliphatic hydroxyl groups excluding tert-OH is 1. The topological polar surface area (TPSA) is 90.2 Å². The van der Waals surface area contributed by atoms with Gasteiger partial charge in [0, 0.05) is 18.6 Å². The summed E-state index contributed by atoms with van der Waals surface area (Å²) < 4.78 is 26.7. The molecule has 1 aliphatic carbocycles. The second-order valence-electron chi connectivity index (χ2n) is 4.43. The summed E-state index contributed by atoms with van der Waals surface area (Å²) in [4.78, 5) is 0.132. The summed E-state index contributed by atoms with van der Waals surface area (Å²) >= 11 is 0. The molecule has 0 radical (unpaired) electrons. The minimum Gasteiger partial charge on any atom is -0.396 e. The van der Waals surface area contributed by atoms with Gasteiger partial charge in [-0.15, -0.1) is 0 Å². The number of aliphatic hydroxyl groups is 1. The fourth-order valence-electron chi connectivity index (χ4n) is 1.97. The normalized spacial score (nSPS) is 22.3. The zero-order valence-electron chi connectivity index (χ0n) is 10.2. The molecule has 5 nitrogen and oxygen atoms in total. The second kappa shape index (κ2) is 5.53. The monoisotopic (exact) mass is 278 g/mol. The smallest absolute Gasteiger partial charge is 0.241 e. The molecule has 0 fully saturated rings. The van der Waals surface area contributed by atoms with E-state index in [4.69, 9.17) is 10.4 Å². The molecule has 0 unspecified atom stereocenters. The van der Waals surface area contributed by atoms with Crippen LogP contribution in [0.3, 0.4) is 0 Å². The van der Waals surface area contributed by atoms with Gasteiger partial charge in [-0.05, 0) is 30.7 Å². The van der Waals surface area contributed by atoms with E-state index in [1.54, 1.807) is 6.08 Å². The number of sulfonamides is 1. The number of hydrogen-bond acceptors (Lipinski definition) is 4. The first-order valence-corrected chi connectivity index (χ1v) is 7.35. The summed E-state index contributed by atoms with van der Waals surface area (Å²) in [6, 6.07) is 7.39. The molecule has 1 aliphatic rings. The van der Waals surface area contributed by atoms with E-state index in [2.05, 4.69) is 4.72 Å². The van der Waals surface area contributed by atoms with Gasteiger partial charge in [-0.3, -0.25) is 0 Å². The lowest BCUT2D eigenvalue weighted by Crippen LogP contribution is -2.32. The number of nitrogens with one attached hydrogen (secondary N) is 1. The lowest BCUT2D eigenvalue weighted by molar-refractivity contribution is 0.248. The lowest BCUT2D eigenvalue weighted by atomic mass is 10.1. The standard InChI is InChI=1S/C13H14N2O3S/c14-8-10-2-5-13(6-3-10)19(17,18)15-12-4-1-11(7-12)9-16/h1-6,11-12,15-16H,7,9H2/t11-,12+/m0/s1. The van der Waals surface area contributed by atoms with Crippen LogP contribution in [0.4, 0.5) is 0 Å². The zero-order valence-corrected chi connectivity index (χ0v) is 11.0. The number of hydrogen-bond donors (Lipinski definition) is 2. The van der Waals surface area contributed by atoms with Crippen molar-refractivity contribution < 1.29 is 13.5 Å². The third-order valence-corrected chi connectivity index (χ3v) is 4.51. The molecule has 0 saturated heterocycles. The Morgan fingerprint density at radius 3 is 2.53 bits per heavy atom. The number of benzene rings is 1. The second-order valence-corrected chi connectivity index (χ2v) is 6.14. The number of nitrogens with zero attached hydrogens (tertiary/aromatic N) is 1. The van der Waals surface area contributed by atoms with E-state index in [0.29, 0.717) is 12.0 Å². The fourth-order valence-corrected chi connectivity index (χ4v) is 3.18. The molecule has 0 aromatic heterocycles. The van der Waals surface area contributed by atoms with Crippen LogP contribution in [0.5, 0.6) is 0 Å². The Bertz CT molecular complexity index is 614. The van der Waals surface area contributed by atoms with Crippen molar-refractivity contribution in [1.82, 2.24) is 4.72 Å². The molecule has 0 bridgehead atoms. The summed E-state index contributed by atoms with van der Waals surface area (Å²) in [7, 11) is -3.59. The van der Waals surface area contributed by atoms with E-state index >= 15 is 0 Å². The predicted octanol–water partition coefficient (Wildman–Crippen LogP) is 0.774. The van der Waals surface area contributed by atoms with Gasteiger partial charge in [0.05, 0.1) is 16.5 Å². The Morgan fingerprint density at radius 2 is 2.00 bits per heavy atom. The maximum absolute atomic E-state index is 12.1. The first kappa shape index (κ1) is 13.7. The van der Waals surface area contributed by atoms with Gasteiger partial charge >= 0.3 is 0 Å². The van der Waals surface area contributed by atoms with Gasteiger partial charge in [-0.1, -0.05) is 12.2 Å². The third-order valence-electron chi connectivity index (χ3n) is 3.01. The van der Waals surface area contributed by atoms with Crippen LogP contribution in [0, 0.1) is 17.2 Å². The van der Waals surface area contributed by atoms with E-state index in [1.807, 2.05) is 12.1 Å². The predicted molar refractivity (Wildman–Crippen MR) is 69.6 cm³/mol. The Labute approximate surface area is 112 Å². The van der Waals surface area contributed by atoms with E-state index in [1.165, 1.54) is 24.3 Å². The Morgan fingerprint density at radius 1 is 1.32 bits per heavy atom. The Hall–Kier alpha value is -1.68. The average Bonchev–Trinajstić information content (AvgIpc) is 2.85. The minimum atomic E-state index is -3.59. The van der Waals surface area contributed by atoms with Crippen molar-refractivity contribution in [1.29, 1.82) is 5.26 Å². The average molecular weight is 278 g/mol. The quantitative estimate of drug-likeness (QED) is 0.796. The van der Waals surface area contributed by atoms with Crippen molar-refractivity contribution in [3.63, 3.8) is 0 Å². The van der Waals surface area contributed by atoms with Crippen molar-refractivity contribution in [2.45, 2.75) is 17.4 Å². The summed E-state index contributed by atoms with van der Waals surface area (Å²) in [6.45, 7) is 0.0194. The van der Waals surface area contributed by atoms with E-state index in [-0.39, 0.29) is 23.5 Å². The van der Waals surface area contributed by atoms with Gasteiger partial charge < -0.3 is 5.11 Å². The van der Waals surface area contributed by atoms with Gasteiger partial charge in [-0.25, -0.2) is 13.1 Å². The highest BCUT2D eigenvalue weighted by Crippen LogP contribution is 2.19. The zero-order chi connectivity index (χ0) is 13.9.